The van der Waals surface area contributed by atoms with Crippen LogP contribution in [0.1, 0.15) is 28.8 Å². The third-order valence-electron chi connectivity index (χ3n) is 4.96. The highest BCUT2D eigenvalue weighted by Gasteiger charge is 2.29. The van der Waals surface area contributed by atoms with Crippen molar-refractivity contribution in [2.45, 2.75) is 19.8 Å². The smallest absolute Gasteiger partial charge is 0.255 e. The highest BCUT2D eigenvalue weighted by Crippen LogP contribution is 2.28. The van der Waals surface area contributed by atoms with Gasteiger partial charge >= 0.3 is 0 Å². The zero-order valence-electron chi connectivity index (χ0n) is 16.4. The van der Waals surface area contributed by atoms with Gasteiger partial charge in [-0.15, -0.1) is 0 Å². The van der Waals surface area contributed by atoms with Crippen molar-refractivity contribution < 1.29 is 9.59 Å². The highest BCUT2D eigenvalue weighted by molar-refractivity contribution is 6.00. The Hall–Kier alpha value is -3.41. The van der Waals surface area contributed by atoms with Gasteiger partial charge in [-0.2, -0.15) is 5.10 Å². The summed E-state index contributed by atoms with van der Waals surface area (Å²) in [6.07, 6.45) is 3.69. The van der Waals surface area contributed by atoms with Crippen molar-refractivity contribution in [3.05, 3.63) is 71.9 Å². The Balaban J connectivity index is 1.52. The molecule has 1 aliphatic carbocycles. The molecule has 1 fully saturated rings. The first-order chi connectivity index (χ1) is 14.1. The lowest BCUT2D eigenvalue weighted by Gasteiger charge is -2.07. The Kier molecular flexibility index (Phi) is 5.42. The monoisotopic (exact) mass is 388 g/mol. The standard InChI is InChI=1S/C23H24N4O2/c1-16-7-11-19(12-8-16)27-15-20(21(26-27)17-5-3-2-4-6-17)23(29)25-14-13-24-22(28)18-9-10-18/h2-8,11-12,15,18H,9-10,13-14H2,1H3,(H,24,28)(H,25,29). The molecule has 0 spiro atoms. The number of carbonyl (C=O) groups is 2. The molecule has 0 atom stereocenters. The fraction of sp³-hybridized carbons (Fsp3) is 0.261. The lowest BCUT2D eigenvalue weighted by atomic mass is 10.1. The van der Waals surface area contributed by atoms with E-state index in [4.69, 9.17) is 0 Å². The first kappa shape index (κ1) is 18.9. The number of aryl methyl sites for hydroxylation is 1. The van der Waals surface area contributed by atoms with Crippen LogP contribution in [-0.2, 0) is 4.79 Å². The Bertz CT molecular complexity index is 1010. The number of aromatic nitrogens is 2. The SMILES string of the molecule is Cc1ccc(-n2cc(C(=O)NCCNC(=O)C3CC3)c(-c3ccccc3)n2)cc1. The summed E-state index contributed by atoms with van der Waals surface area (Å²) in [5.74, 6) is 0.0439. The summed E-state index contributed by atoms with van der Waals surface area (Å²) in [7, 11) is 0. The lowest BCUT2D eigenvalue weighted by molar-refractivity contribution is -0.122. The molecule has 1 aromatic heterocycles. The number of nitrogens with one attached hydrogen (secondary N) is 2. The van der Waals surface area contributed by atoms with Gasteiger partial charge in [-0.1, -0.05) is 48.0 Å². The van der Waals surface area contributed by atoms with E-state index in [0.29, 0.717) is 24.3 Å². The second-order valence-corrected chi connectivity index (χ2v) is 7.36. The van der Waals surface area contributed by atoms with Crippen molar-refractivity contribution in [1.29, 1.82) is 0 Å². The number of hydrogen-bond donors (Lipinski definition) is 2. The van der Waals surface area contributed by atoms with Crippen LogP contribution in [0.4, 0.5) is 0 Å². The van der Waals surface area contributed by atoms with Gasteiger partial charge in [0.2, 0.25) is 5.91 Å². The van der Waals surface area contributed by atoms with Gasteiger partial charge in [0.15, 0.2) is 0 Å². The number of carbonyl (C=O) groups excluding carboxylic acids is 2. The average molecular weight is 388 g/mol. The van der Waals surface area contributed by atoms with E-state index in [-0.39, 0.29) is 17.7 Å². The molecule has 4 rings (SSSR count). The molecule has 2 N–H and O–H groups in total. The molecule has 6 heteroatoms. The third kappa shape index (κ3) is 4.54. The average Bonchev–Trinajstić information content (AvgIpc) is 3.50. The molecule has 0 unspecified atom stereocenters. The number of benzene rings is 2. The van der Waals surface area contributed by atoms with Crippen LogP contribution in [0.5, 0.6) is 0 Å². The fourth-order valence-corrected chi connectivity index (χ4v) is 3.13. The van der Waals surface area contributed by atoms with Gasteiger partial charge in [0.25, 0.3) is 5.91 Å². The molecule has 1 saturated carbocycles. The van der Waals surface area contributed by atoms with Crippen LogP contribution in [0.15, 0.2) is 60.8 Å². The first-order valence-electron chi connectivity index (χ1n) is 9.90. The van der Waals surface area contributed by atoms with E-state index in [1.54, 1.807) is 10.9 Å². The van der Waals surface area contributed by atoms with Crippen molar-refractivity contribution in [3.8, 4) is 16.9 Å². The number of nitrogens with zero attached hydrogens (tertiary/aromatic N) is 2. The van der Waals surface area contributed by atoms with Crippen molar-refractivity contribution in [2.75, 3.05) is 13.1 Å². The summed E-state index contributed by atoms with van der Waals surface area (Å²) in [5.41, 5.74) is 4.07. The van der Waals surface area contributed by atoms with Crippen LogP contribution in [0.25, 0.3) is 16.9 Å². The Labute approximate surface area is 169 Å². The molecule has 0 aliphatic heterocycles. The molecule has 0 radical (unpaired) electrons. The third-order valence-corrected chi connectivity index (χ3v) is 4.96. The summed E-state index contributed by atoms with van der Waals surface area (Å²) in [4.78, 5) is 24.6. The van der Waals surface area contributed by atoms with Gasteiger partial charge in [-0.25, -0.2) is 4.68 Å². The Morgan fingerprint density at radius 1 is 1.00 bits per heavy atom. The Morgan fingerprint density at radius 3 is 2.38 bits per heavy atom. The minimum atomic E-state index is -0.206. The van der Waals surface area contributed by atoms with Crippen LogP contribution in [0, 0.1) is 12.8 Å². The van der Waals surface area contributed by atoms with Gasteiger partial charge < -0.3 is 10.6 Å². The second kappa shape index (κ2) is 8.31. The van der Waals surface area contributed by atoms with E-state index in [2.05, 4.69) is 15.7 Å². The number of rotatable bonds is 7. The van der Waals surface area contributed by atoms with Crippen molar-refractivity contribution in [2.24, 2.45) is 5.92 Å². The number of hydrogen-bond acceptors (Lipinski definition) is 3. The predicted octanol–water partition coefficient (Wildman–Crippen LogP) is 3.10. The summed E-state index contributed by atoms with van der Waals surface area (Å²) in [6.45, 7) is 2.83. The van der Waals surface area contributed by atoms with Gasteiger partial charge in [0.1, 0.15) is 5.69 Å². The van der Waals surface area contributed by atoms with Crippen LogP contribution in [-0.4, -0.2) is 34.7 Å². The molecule has 2 amide bonds. The zero-order valence-corrected chi connectivity index (χ0v) is 16.4. The van der Waals surface area contributed by atoms with Crippen molar-refractivity contribution in [1.82, 2.24) is 20.4 Å². The maximum absolute atomic E-state index is 12.9. The Morgan fingerprint density at radius 2 is 1.69 bits per heavy atom. The lowest BCUT2D eigenvalue weighted by Crippen LogP contribution is -2.35. The van der Waals surface area contributed by atoms with Crippen molar-refractivity contribution >= 4 is 11.8 Å². The van der Waals surface area contributed by atoms with E-state index in [0.717, 1.165) is 29.7 Å². The summed E-state index contributed by atoms with van der Waals surface area (Å²) in [6, 6.07) is 17.7. The minimum absolute atomic E-state index is 0.0800. The van der Waals surface area contributed by atoms with Crippen LogP contribution < -0.4 is 10.6 Å². The summed E-state index contributed by atoms with van der Waals surface area (Å²) in [5, 5.41) is 10.4. The largest absolute Gasteiger partial charge is 0.354 e. The highest BCUT2D eigenvalue weighted by atomic mass is 16.2. The van der Waals surface area contributed by atoms with E-state index in [1.807, 2.05) is 61.5 Å². The molecule has 0 saturated heterocycles. The zero-order chi connectivity index (χ0) is 20.2. The van der Waals surface area contributed by atoms with Crippen LogP contribution in [0.2, 0.25) is 0 Å². The van der Waals surface area contributed by atoms with Crippen LogP contribution >= 0.6 is 0 Å². The van der Waals surface area contributed by atoms with Gasteiger partial charge in [-0.3, -0.25) is 9.59 Å². The van der Waals surface area contributed by atoms with E-state index in [9.17, 15) is 9.59 Å². The number of amides is 2. The van der Waals surface area contributed by atoms with Gasteiger partial charge in [-0.05, 0) is 31.9 Å². The summed E-state index contributed by atoms with van der Waals surface area (Å²) >= 11 is 0. The van der Waals surface area contributed by atoms with Crippen LogP contribution in [0.3, 0.4) is 0 Å². The molecular formula is C23H24N4O2. The maximum atomic E-state index is 12.9. The molecule has 29 heavy (non-hydrogen) atoms. The molecule has 1 aliphatic rings. The molecule has 6 nitrogen and oxygen atoms in total. The topological polar surface area (TPSA) is 76.0 Å². The van der Waals surface area contributed by atoms with E-state index >= 15 is 0 Å². The van der Waals surface area contributed by atoms with Crippen molar-refractivity contribution in [3.63, 3.8) is 0 Å². The van der Waals surface area contributed by atoms with E-state index in [1.165, 1.54) is 0 Å². The van der Waals surface area contributed by atoms with E-state index < -0.39 is 0 Å². The molecule has 3 aromatic rings. The van der Waals surface area contributed by atoms with Gasteiger partial charge in [0.05, 0.1) is 11.3 Å². The van der Waals surface area contributed by atoms with Gasteiger partial charge in [0, 0.05) is 30.8 Å². The molecule has 2 aromatic carbocycles. The molecule has 148 valence electrons. The molecule has 0 bridgehead atoms. The molecular weight excluding hydrogens is 364 g/mol. The minimum Gasteiger partial charge on any atom is -0.354 e. The maximum Gasteiger partial charge on any atom is 0.255 e. The second-order valence-electron chi connectivity index (χ2n) is 7.36. The predicted molar refractivity (Wildman–Crippen MR) is 112 cm³/mol. The normalized spacial score (nSPS) is 13.1. The molecule has 1 heterocycles. The summed E-state index contributed by atoms with van der Waals surface area (Å²) < 4.78 is 1.73. The quantitative estimate of drug-likeness (QED) is 0.611. The first-order valence-corrected chi connectivity index (χ1v) is 9.90. The fourth-order valence-electron chi connectivity index (χ4n) is 3.13.